The Morgan fingerprint density at radius 1 is 0.600 bits per heavy atom. The Kier molecular flexibility index (Phi) is 3.11. The summed E-state index contributed by atoms with van der Waals surface area (Å²) in [5.41, 5.74) is 7.24. The lowest BCUT2D eigenvalue weighted by Crippen LogP contribution is -2.28. The fourth-order valence-electron chi connectivity index (χ4n) is 4.22. The number of benzene rings is 4. The summed E-state index contributed by atoms with van der Waals surface area (Å²) < 4.78 is 0. The monoisotopic (exact) mass is 316 g/mol. The van der Waals surface area contributed by atoms with Gasteiger partial charge in [-0.1, -0.05) is 91.0 Å². The summed E-state index contributed by atoms with van der Waals surface area (Å²) in [5, 5.41) is 0. The Hall–Kier alpha value is -3.12. The molecular formula is C25H16. The highest BCUT2D eigenvalue weighted by molar-refractivity contribution is 5.85. The third-order valence-electron chi connectivity index (χ3n) is 5.20. The summed E-state index contributed by atoms with van der Waals surface area (Å²) in [6.45, 7) is 0. The van der Waals surface area contributed by atoms with Gasteiger partial charge in [-0.2, -0.15) is 0 Å². The van der Waals surface area contributed by atoms with Crippen LogP contribution >= 0.6 is 0 Å². The number of rotatable bonds is 2. The highest BCUT2D eigenvalue weighted by atomic mass is 14.5. The average Bonchev–Trinajstić information content (AvgIpc) is 3.01. The van der Waals surface area contributed by atoms with Crippen molar-refractivity contribution in [2.75, 3.05) is 0 Å². The molecule has 0 heterocycles. The van der Waals surface area contributed by atoms with E-state index in [2.05, 4.69) is 97.1 Å². The first-order chi connectivity index (χ1) is 12.4. The number of hydrogen-bond donors (Lipinski definition) is 0. The zero-order chi connectivity index (χ0) is 16.7. The third kappa shape index (κ3) is 1.88. The molecule has 0 atom stereocenters. The van der Waals surface area contributed by atoms with Gasteiger partial charge in [-0.25, -0.2) is 0 Å². The van der Waals surface area contributed by atoms with Crippen LogP contribution in [-0.4, -0.2) is 0 Å². The predicted molar refractivity (Wildman–Crippen MR) is 101 cm³/mol. The minimum Gasteiger partial charge on any atom is -0.0622 e. The van der Waals surface area contributed by atoms with Gasteiger partial charge in [0.2, 0.25) is 0 Å². The van der Waals surface area contributed by atoms with Gasteiger partial charge in [0, 0.05) is 0 Å². The van der Waals surface area contributed by atoms with E-state index in [1.807, 2.05) is 12.1 Å². The standard InChI is InChI=1S/C25H16/c1-3-11-19(12-4-1)25(20-13-5-2-6-14-20)23-17-9-7-15-21(23)22-16-8-10-18-24(22)25/h1-9,11-16,18H. The molecule has 0 amide bonds. The predicted octanol–water partition coefficient (Wildman–Crippen LogP) is 5.65. The molecule has 4 aromatic carbocycles. The zero-order valence-electron chi connectivity index (χ0n) is 13.7. The van der Waals surface area contributed by atoms with Crippen LogP contribution in [-0.2, 0) is 5.41 Å². The molecule has 2 radical (unpaired) electrons. The van der Waals surface area contributed by atoms with Crippen LogP contribution in [0.1, 0.15) is 22.3 Å². The Balaban J connectivity index is 1.98. The lowest BCUT2D eigenvalue weighted by Gasteiger charge is -2.33. The molecule has 25 heavy (non-hydrogen) atoms. The van der Waals surface area contributed by atoms with Gasteiger partial charge in [-0.3, -0.25) is 0 Å². The Morgan fingerprint density at radius 2 is 1.28 bits per heavy atom. The fraction of sp³-hybridized carbons (Fsp3) is 0.0400. The van der Waals surface area contributed by atoms with Crippen molar-refractivity contribution in [3.8, 4) is 11.1 Å². The summed E-state index contributed by atoms with van der Waals surface area (Å²) in [5.74, 6) is 0. The Morgan fingerprint density at radius 3 is 1.96 bits per heavy atom. The smallest absolute Gasteiger partial charge is 0.0622 e. The van der Waals surface area contributed by atoms with Crippen LogP contribution in [0.2, 0.25) is 0 Å². The van der Waals surface area contributed by atoms with Crippen molar-refractivity contribution >= 4 is 0 Å². The van der Waals surface area contributed by atoms with Crippen molar-refractivity contribution in [3.63, 3.8) is 0 Å². The first-order valence-corrected chi connectivity index (χ1v) is 8.55. The van der Waals surface area contributed by atoms with Crippen LogP contribution in [0.25, 0.3) is 11.1 Å². The van der Waals surface area contributed by atoms with E-state index in [0.717, 1.165) is 0 Å². The van der Waals surface area contributed by atoms with Crippen LogP contribution in [0, 0.1) is 12.1 Å². The van der Waals surface area contributed by atoms with Crippen molar-refractivity contribution in [3.05, 3.63) is 131 Å². The average molecular weight is 316 g/mol. The molecule has 0 N–H and O–H groups in total. The molecule has 0 aliphatic heterocycles. The number of hydrogen-bond acceptors (Lipinski definition) is 0. The van der Waals surface area contributed by atoms with E-state index >= 15 is 0 Å². The topological polar surface area (TPSA) is 0 Å². The molecule has 1 aliphatic rings. The molecule has 0 fully saturated rings. The summed E-state index contributed by atoms with van der Waals surface area (Å²) >= 11 is 0. The molecule has 116 valence electrons. The normalized spacial score (nSPS) is 13.9. The first kappa shape index (κ1) is 14.2. The first-order valence-electron chi connectivity index (χ1n) is 8.55. The van der Waals surface area contributed by atoms with Crippen molar-refractivity contribution in [2.24, 2.45) is 0 Å². The lowest BCUT2D eigenvalue weighted by molar-refractivity contribution is 0.767. The maximum absolute atomic E-state index is 3.57. The van der Waals surface area contributed by atoms with E-state index in [9.17, 15) is 0 Å². The molecule has 0 nitrogen and oxygen atoms in total. The highest BCUT2D eigenvalue weighted by Gasteiger charge is 2.45. The molecule has 0 bridgehead atoms. The molecule has 1 aliphatic carbocycles. The highest BCUT2D eigenvalue weighted by Crippen LogP contribution is 2.55. The molecule has 0 aromatic heterocycles. The zero-order valence-corrected chi connectivity index (χ0v) is 13.7. The van der Waals surface area contributed by atoms with Gasteiger partial charge >= 0.3 is 0 Å². The van der Waals surface area contributed by atoms with Crippen LogP contribution < -0.4 is 0 Å². The quantitative estimate of drug-likeness (QED) is 0.395. The van der Waals surface area contributed by atoms with Crippen molar-refractivity contribution in [1.29, 1.82) is 0 Å². The van der Waals surface area contributed by atoms with Crippen molar-refractivity contribution in [2.45, 2.75) is 5.41 Å². The number of fused-ring (bicyclic) bond motifs is 3. The van der Waals surface area contributed by atoms with Gasteiger partial charge in [-0.15, -0.1) is 0 Å². The molecule has 0 spiro atoms. The summed E-state index contributed by atoms with van der Waals surface area (Å²) in [6.07, 6.45) is 0. The molecule has 5 rings (SSSR count). The van der Waals surface area contributed by atoms with E-state index in [4.69, 9.17) is 0 Å². The summed E-state index contributed by atoms with van der Waals surface area (Å²) in [6, 6.07) is 41.0. The SMILES string of the molecule is [c]1ccc2c(c1)C(c1ccccc1)(c1ccccc1)c1[c]cccc1-2. The maximum Gasteiger partial charge on any atom is 0.0719 e. The van der Waals surface area contributed by atoms with Gasteiger partial charge in [0.15, 0.2) is 0 Å². The lowest BCUT2D eigenvalue weighted by atomic mass is 9.68. The van der Waals surface area contributed by atoms with E-state index in [-0.39, 0.29) is 5.41 Å². The molecule has 0 unspecified atom stereocenters. The fourth-order valence-corrected chi connectivity index (χ4v) is 4.22. The van der Waals surface area contributed by atoms with Gasteiger partial charge in [0.1, 0.15) is 0 Å². The molecule has 4 aromatic rings. The van der Waals surface area contributed by atoms with Gasteiger partial charge in [0.25, 0.3) is 0 Å². The van der Waals surface area contributed by atoms with Gasteiger partial charge in [0.05, 0.1) is 5.41 Å². The molecule has 0 saturated carbocycles. The van der Waals surface area contributed by atoms with E-state index < -0.39 is 0 Å². The largest absolute Gasteiger partial charge is 0.0719 e. The molecule has 0 saturated heterocycles. The second kappa shape index (κ2) is 5.46. The minimum atomic E-state index is -0.341. The van der Waals surface area contributed by atoms with Gasteiger partial charge < -0.3 is 0 Å². The van der Waals surface area contributed by atoms with E-state index in [0.29, 0.717) is 0 Å². The Bertz CT molecular complexity index is 943. The molecule has 0 heteroatoms. The van der Waals surface area contributed by atoms with Crippen molar-refractivity contribution < 1.29 is 0 Å². The van der Waals surface area contributed by atoms with Crippen molar-refractivity contribution in [1.82, 2.24) is 0 Å². The van der Waals surface area contributed by atoms with Crippen LogP contribution in [0.3, 0.4) is 0 Å². The van der Waals surface area contributed by atoms with Crippen LogP contribution in [0.4, 0.5) is 0 Å². The second-order valence-corrected chi connectivity index (χ2v) is 6.41. The second-order valence-electron chi connectivity index (χ2n) is 6.41. The summed E-state index contributed by atoms with van der Waals surface area (Å²) in [7, 11) is 0. The molecular weight excluding hydrogens is 300 g/mol. The third-order valence-corrected chi connectivity index (χ3v) is 5.20. The van der Waals surface area contributed by atoms with E-state index in [1.165, 1.54) is 33.4 Å². The van der Waals surface area contributed by atoms with Crippen LogP contribution in [0.5, 0.6) is 0 Å². The minimum absolute atomic E-state index is 0.341. The maximum atomic E-state index is 3.57. The Labute approximate surface area is 148 Å². The van der Waals surface area contributed by atoms with E-state index in [1.54, 1.807) is 0 Å². The summed E-state index contributed by atoms with van der Waals surface area (Å²) in [4.78, 5) is 0. The van der Waals surface area contributed by atoms with Gasteiger partial charge in [-0.05, 0) is 51.6 Å². The van der Waals surface area contributed by atoms with Crippen LogP contribution in [0.15, 0.2) is 97.1 Å².